The Balaban J connectivity index is 0.000000810. The third-order valence-electron chi connectivity index (χ3n) is 1.15. The van der Waals surface area contributed by atoms with Gasteiger partial charge in [-0.1, -0.05) is 30.3 Å². The molecule has 10 heavy (non-hydrogen) atoms. The monoisotopic (exact) mass is 152 g/mol. The largest absolute Gasteiger partial charge is 0.271 e. The van der Waals surface area contributed by atoms with Crippen LogP contribution in [0.1, 0.15) is 5.56 Å². The Morgan fingerprint density at radius 1 is 1.20 bits per heavy atom. The van der Waals surface area contributed by atoms with E-state index in [0.29, 0.717) is 0 Å². The third-order valence-corrected chi connectivity index (χ3v) is 1.15. The van der Waals surface area contributed by atoms with Gasteiger partial charge in [0.25, 0.3) is 0 Å². The highest BCUT2D eigenvalue weighted by Crippen LogP contribution is 1.95. The van der Waals surface area contributed by atoms with Gasteiger partial charge in [-0.3, -0.25) is 11.3 Å². The van der Waals surface area contributed by atoms with Crippen LogP contribution in [0.2, 0.25) is 0 Å². The highest BCUT2D eigenvalue weighted by molar-refractivity contribution is 5.75. The van der Waals surface area contributed by atoms with Gasteiger partial charge in [0.1, 0.15) is 0 Å². The zero-order valence-electron chi connectivity index (χ0n) is 5.17. The summed E-state index contributed by atoms with van der Waals surface area (Å²) in [5.74, 6) is 5.11. The number of nitrogens with one attached hydrogen (secondary N) is 1. The molecule has 0 aliphatic carbocycles. The molecular weight excluding hydrogens is 139 g/mol. The molecular formula is C7H13AlN2. The van der Waals surface area contributed by atoms with Gasteiger partial charge in [0.2, 0.25) is 0 Å². The molecule has 3 N–H and O–H groups in total. The average molecular weight is 152 g/mol. The predicted octanol–water partition coefficient (Wildman–Crippen LogP) is -0.534. The maximum atomic E-state index is 5.11. The standard InChI is InChI=1S/C7H10N2.Al.3H/c8-9-6-7-4-2-1-3-5-7;;;;/h1-5,9H,6,8H2;;;;. The Labute approximate surface area is 71.5 Å². The van der Waals surface area contributed by atoms with Crippen LogP contribution in [0.5, 0.6) is 0 Å². The predicted molar refractivity (Wildman–Crippen MR) is 47.4 cm³/mol. The fourth-order valence-corrected chi connectivity index (χ4v) is 0.714. The van der Waals surface area contributed by atoms with Crippen LogP contribution in [0.4, 0.5) is 0 Å². The van der Waals surface area contributed by atoms with Crippen LogP contribution in [0.3, 0.4) is 0 Å². The van der Waals surface area contributed by atoms with Crippen molar-refractivity contribution in [1.29, 1.82) is 0 Å². The molecule has 0 amide bonds. The molecule has 0 atom stereocenters. The van der Waals surface area contributed by atoms with E-state index in [1.54, 1.807) is 0 Å². The van der Waals surface area contributed by atoms with Crippen molar-refractivity contribution < 1.29 is 0 Å². The molecule has 0 bridgehead atoms. The molecule has 2 nitrogen and oxygen atoms in total. The number of hydrazine groups is 1. The number of hydrogen-bond donors (Lipinski definition) is 2. The van der Waals surface area contributed by atoms with Gasteiger partial charge < -0.3 is 0 Å². The van der Waals surface area contributed by atoms with Crippen molar-refractivity contribution in [2.24, 2.45) is 5.84 Å². The summed E-state index contributed by atoms with van der Waals surface area (Å²) in [6, 6.07) is 10.0. The van der Waals surface area contributed by atoms with Crippen molar-refractivity contribution in [2.75, 3.05) is 0 Å². The topological polar surface area (TPSA) is 38.0 Å². The number of nitrogens with two attached hydrogens (primary N) is 1. The zero-order valence-corrected chi connectivity index (χ0v) is 5.17. The summed E-state index contributed by atoms with van der Waals surface area (Å²) >= 11 is 0. The smallest absolute Gasteiger partial charge is 0.187 e. The Morgan fingerprint density at radius 3 is 2.30 bits per heavy atom. The second-order valence-electron chi connectivity index (χ2n) is 1.87. The summed E-state index contributed by atoms with van der Waals surface area (Å²) in [7, 11) is 0. The lowest BCUT2D eigenvalue weighted by Gasteiger charge is -1.95. The molecule has 0 saturated carbocycles. The SMILES string of the molecule is NNCc1ccccc1.[AlH3]. The normalized spacial score (nSPS) is 8.50. The van der Waals surface area contributed by atoms with Gasteiger partial charge in [0, 0.05) is 6.54 Å². The Morgan fingerprint density at radius 2 is 1.80 bits per heavy atom. The van der Waals surface area contributed by atoms with Crippen LogP contribution in [-0.4, -0.2) is 17.4 Å². The van der Waals surface area contributed by atoms with Crippen LogP contribution in [0, 0.1) is 0 Å². The Bertz CT molecular complexity index is 165. The molecule has 1 rings (SSSR count). The fraction of sp³-hybridized carbons (Fsp3) is 0.143. The maximum absolute atomic E-state index is 5.11. The van der Waals surface area contributed by atoms with Crippen molar-refractivity contribution >= 4 is 17.4 Å². The summed E-state index contributed by atoms with van der Waals surface area (Å²) in [6.07, 6.45) is 0. The quantitative estimate of drug-likeness (QED) is 0.339. The van der Waals surface area contributed by atoms with Gasteiger partial charge in [-0.2, -0.15) is 0 Å². The summed E-state index contributed by atoms with van der Waals surface area (Å²) < 4.78 is 0. The molecule has 0 saturated heterocycles. The van der Waals surface area contributed by atoms with Crippen molar-refractivity contribution in [1.82, 2.24) is 5.43 Å². The second kappa shape index (κ2) is 5.46. The average Bonchev–Trinajstić information content (AvgIpc) is 1.91. The van der Waals surface area contributed by atoms with Crippen LogP contribution < -0.4 is 11.3 Å². The van der Waals surface area contributed by atoms with Crippen molar-refractivity contribution in [3.63, 3.8) is 0 Å². The maximum Gasteiger partial charge on any atom is 0.187 e. The fourth-order valence-electron chi connectivity index (χ4n) is 0.714. The van der Waals surface area contributed by atoms with E-state index in [1.807, 2.05) is 30.3 Å². The Kier molecular flexibility index (Phi) is 5.28. The molecule has 0 spiro atoms. The molecule has 0 aromatic heterocycles. The Hall–Kier alpha value is -0.328. The zero-order chi connectivity index (χ0) is 6.53. The summed E-state index contributed by atoms with van der Waals surface area (Å²) in [6.45, 7) is 0.737. The van der Waals surface area contributed by atoms with Crippen LogP contribution >= 0.6 is 0 Å². The van der Waals surface area contributed by atoms with Gasteiger partial charge >= 0.3 is 0 Å². The lowest BCUT2D eigenvalue weighted by atomic mass is 10.2. The van der Waals surface area contributed by atoms with Crippen LogP contribution in [0.25, 0.3) is 0 Å². The van der Waals surface area contributed by atoms with Gasteiger partial charge in [-0.15, -0.1) is 0 Å². The van der Waals surface area contributed by atoms with E-state index < -0.39 is 0 Å². The molecule has 1 aromatic carbocycles. The summed E-state index contributed by atoms with van der Waals surface area (Å²) in [5, 5.41) is 0. The van der Waals surface area contributed by atoms with Crippen LogP contribution in [0.15, 0.2) is 30.3 Å². The van der Waals surface area contributed by atoms with Gasteiger partial charge in [0.05, 0.1) is 0 Å². The third kappa shape index (κ3) is 3.00. The van der Waals surface area contributed by atoms with Crippen molar-refractivity contribution in [3.05, 3.63) is 35.9 Å². The molecule has 0 radical (unpaired) electrons. The molecule has 0 aliphatic heterocycles. The first kappa shape index (κ1) is 9.67. The molecule has 0 aliphatic rings. The minimum atomic E-state index is 0. The number of benzene rings is 1. The van der Waals surface area contributed by atoms with Gasteiger partial charge in [-0.05, 0) is 5.56 Å². The number of rotatable bonds is 2. The first-order valence-corrected chi connectivity index (χ1v) is 2.91. The molecule has 54 valence electrons. The highest BCUT2D eigenvalue weighted by atomic mass is 27.0. The molecule has 0 fully saturated rings. The first-order chi connectivity index (χ1) is 4.43. The van der Waals surface area contributed by atoms with Crippen LogP contribution in [-0.2, 0) is 6.54 Å². The lowest BCUT2D eigenvalue weighted by molar-refractivity contribution is 0.741. The minimum Gasteiger partial charge on any atom is -0.271 e. The van der Waals surface area contributed by atoms with E-state index in [2.05, 4.69) is 5.43 Å². The highest BCUT2D eigenvalue weighted by Gasteiger charge is 1.83. The number of hydrogen-bond acceptors (Lipinski definition) is 2. The van der Waals surface area contributed by atoms with Gasteiger partial charge in [-0.25, -0.2) is 0 Å². The van der Waals surface area contributed by atoms with Gasteiger partial charge in [0.15, 0.2) is 17.4 Å². The van der Waals surface area contributed by atoms with E-state index in [4.69, 9.17) is 5.84 Å². The van der Waals surface area contributed by atoms with E-state index >= 15 is 0 Å². The summed E-state index contributed by atoms with van der Waals surface area (Å²) in [5.41, 5.74) is 3.79. The minimum absolute atomic E-state index is 0. The first-order valence-electron chi connectivity index (χ1n) is 2.91. The van der Waals surface area contributed by atoms with Crippen molar-refractivity contribution in [2.45, 2.75) is 6.54 Å². The second-order valence-corrected chi connectivity index (χ2v) is 1.87. The van der Waals surface area contributed by atoms with E-state index in [9.17, 15) is 0 Å². The van der Waals surface area contributed by atoms with E-state index in [1.165, 1.54) is 5.56 Å². The molecule has 0 heterocycles. The molecule has 0 unspecified atom stereocenters. The van der Waals surface area contributed by atoms with Crippen molar-refractivity contribution in [3.8, 4) is 0 Å². The van der Waals surface area contributed by atoms with E-state index in [-0.39, 0.29) is 17.4 Å². The molecule has 3 heteroatoms. The molecule has 1 aromatic rings. The lowest BCUT2D eigenvalue weighted by Crippen LogP contribution is -2.20. The summed E-state index contributed by atoms with van der Waals surface area (Å²) in [4.78, 5) is 0. The van der Waals surface area contributed by atoms with E-state index in [0.717, 1.165) is 6.54 Å².